The number of hydrogen-bond acceptors (Lipinski definition) is 4. The number of hydrogen-bond donors (Lipinski definition) is 1. The molecule has 1 rings (SSSR count). The molecule has 1 N–H and O–H groups in total. The highest BCUT2D eigenvalue weighted by molar-refractivity contribution is 7.99. The Labute approximate surface area is 99.4 Å². The van der Waals surface area contributed by atoms with Crippen LogP contribution in [0.1, 0.15) is 33.1 Å². The average Bonchev–Trinajstić information content (AvgIpc) is 2.69. The number of carbonyl (C=O) groups is 1. The van der Waals surface area contributed by atoms with Crippen molar-refractivity contribution in [3.05, 3.63) is 12.5 Å². The fourth-order valence-electron chi connectivity index (χ4n) is 1.22. The van der Waals surface area contributed by atoms with Gasteiger partial charge in [0, 0.05) is 5.75 Å². The molecule has 0 radical (unpaired) electrons. The Morgan fingerprint density at radius 2 is 2.31 bits per heavy atom. The van der Waals surface area contributed by atoms with Crippen LogP contribution in [0.3, 0.4) is 0 Å². The lowest BCUT2D eigenvalue weighted by Gasteiger charge is -2.18. The quantitative estimate of drug-likeness (QED) is 0.589. The number of aromatic nitrogens is 1. The van der Waals surface area contributed by atoms with Crippen molar-refractivity contribution in [2.45, 2.75) is 38.3 Å². The highest BCUT2D eigenvalue weighted by Gasteiger charge is 2.25. The first kappa shape index (κ1) is 13.1. The number of thioether (sulfide) groups is 1. The number of carboxylic acid groups (broad SMARTS) is 1. The average molecular weight is 243 g/mol. The van der Waals surface area contributed by atoms with Gasteiger partial charge < -0.3 is 9.52 Å². The van der Waals surface area contributed by atoms with E-state index in [1.807, 2.05) is 0 Å². The SMILES string of the molecule is CC(C)(CCCCSc1ncco1)C(=O)O. The molecule has 0 saturated heterocycles. The summed E-state index contributed by atoms with van der Waals surface area (Å²) in [5, 5.41) is 9.60. The maximum atomic E-state index is 10.8. The van der Waals surface area contributed by atoms with Crippen LogP contribution in [0.2, 0.25) is 0 Å². The molecule has 1 aromatic heterocycles. The molecule has 0 amide bonds. The van der Waals surface area contributed by atoms with E-state index in [9.17, 15) is 4.79 Å². The Morgan fingerprint density at radius 3 is 2.88 bits per heavy atom. The van der Waals surface area contributed by atoms with Gasteiger partial charge in [-0.3, -0.25) is 4.79 Å². The van der Waals surface area contributed by atoms with E-state index in [4.69, 9.17) is 9.52 Å². The molecule has 0 fully saturated rings. The van der Waals surface area contributed by atoms with Crippen LogP contribution in [-0.4, -0.2) is 21.8 Å². The van der Waals surface area contributed by atoms with Gasteiger partial charge in [0.05, 0.1) is 11.6 Å². The predicted molar refractivity (Wildman–Crippen MR) is 62.5 cm³/mol. The van der Waals surface area contributed by atoms with Crippen LogP contribution < -0.4 is 0 Å². The first-order chi connectivity index (χ1) is 7.52. The van der Waals surface area contributed by atoms with Gasteiger partial charge in [0.1, 0.15) is 6.26 Å². The summed E-state index contributed by atoms with van der Waals surface area (Å²) in [7, 11) is 0. The molecular weight excluding hydrogens is 226 g/mol. The van der Waals surface area contributed by atoms with Crippen molar-refractivity contribution < 1.29 is 14.3 Å². The summed E-state index contributed by atoms with van der Waals surface area (Å²) in [6.45, 7) is 3.52. The lowest BCUT2D eigenvalue weighted by molar-refractivity contribution is -0.147. The highest BCUT2D eigenvalue weighted by Crippen LogP contribution is 2.24. The second kappa shape index (κ2) is 5.94. The van der Waals surface area contributed by atoms with Gasteiger partial charge in [-0.2, -0.15) is 0 Å². The molecule has 0 aliphatic carbocycles. The minimum Gasteiger partial charge on any atom is -0.481 e. The van der Waals surface area contributed by atoms with E-state index in [1.165, 1.54) is 0 Å². The molecule has 16 heavy (non-hydrogen) atoms. The van der Waals surface area contributed by atoms with Gasteiger partial charge >= 0.3 is 5.97 Å². The molecule has 0 spiro atoms. The van der Waals surface area contributed by atoms with Crippen molar-refractivity contribution in [1.82, 2.24) is 4.98 Å². The number of unbranched alkanes of at least 4 members (excludes halogenated alkanes) is 1. The minimum absolute atomic E-state index is 0.617. The molecule has 0 saturated carbocycles. The summed E-state index contributed by atoms with van der Waals surface area (Å²) in [6.07, 6.45) is 5.76. The Bertz CT molecular complexity index is 322. The van der Waals surface area contributed by atoms with E-state index in [0.717, 1.165) is 18.6 Å². The summed E-state index contributed by atoms with van der Waals surface area (Å²) in [4.78, 5) is 14.8. The Balaban J connectivity index is 2.10. The molecule has 1 heterocycles. The third kappa shape index (κ3) is 4.26. The van der Waals surface area contributed by atoms with E-state index < -0.39 is 11.4 Å². The molecule has 0 bridgehead atoms. The Hall–Kier alpha value is -0.970. The maximum Gasteiger partial charge on any atom is 0.309 e. The van der Waals surface area contributed by atoms with Gasteiger partial charge in [-0.15, -0.1) is 0 Å². The van der Waals surface area contributed by atoms with Crippen molar-refractivity contribution in [1.29, 1.82) is 0 Å². The summed E-state index contributed by atoms with van der Waals surface area (Å²) in [5.41, 5.74) is -0.617. The second-order valence-corrected chi connectivity index (χ2v) is 5.34. The lowest BCUT2D eigenvalue weighted by Crippen LogP contribution is -2.23. The first-order valence-electron chi connectivity index (χ1n) is 5.28. The van der Waals surface area contributed by atoms with Gasteiger partial charge in [0.2, 0.25) is 0 Å². The van der Waals surface area contributed by atoms with E-state index in [1.54, 1.807) is 38.1 Å². The van der Waals surface area contributed by atoms with Gasteiger partial charge in [0.15, 0.2) is 0 Å². The van der Waals surface area contributed by atoms with Crippen molar-refractivity contribution >= 4 is 17.7 Å². The van der Waals surface area contributed by atoms with Gasteiger partial charge in [0.25, 0.3) is 5.22 Å². The standard InChI is InChI=1S/C11H17NO3S/c1-11(2,9(13)14)5-3-4-8-16-10-12-6-7-15-10/h6-7H,3-5,8H2,1-2H3,(H,13,14). The minimum atomic E-state index is -0.729. The van der Waals surface area contributed by atoms with Crippen LogP contribution in [0, 0.1) is 5.41 Å². The van der Waals surface area contributed by atoms with Crippen molar-refractivity contribution in [3.63, 3.8) is 0 Å². The van der Waals surface area contributed by atoms with E-state index in [0.29, 0.717) is 11.6 Å². The van der Waals surface area contributed by atoms with Crippen molar-refractivity contribution in [2.24, 2.45) is 5.41 Å². The van der Waals surface area contributed by atoms with Crippen molar-refractivity contribution in [2.75, 3.05) is 5.75 Å². The van der Waals surface area contributed by atoms with E-state index >= 15 is 0 Å². The lowest BCUT2D eigenvalue weighted by atomic mass is 9.88. The number of rotatable bonds is 7. The summed E-state index contributed by atoms with van der Waals surface area (Å²) < 4.78 is 5.08. The molecule has 0 unspecified atom stereocenters. The van der Waals surface area contributed by atoms with Crippen LogP contribution in [0.4, 0.5) is 0 Å². The highest BCUT2D eigenvalue weighted by atomic mass is 32.2. The normalized spacial score (nSPS) is 11.6. The molecule has 1 aromatic rings. The van der Waals surface area contributed by atoms with Crippen LogP contribution in [-0.2, 0) is 4.79 Å². The third-order valence-corrected chi connectivity index (χ3v) is 3.35. The van der Waals surface area contributed by atoms with Gasteiger partial charge in [-0.25, -0.2) is 4.98 Å². The van der Waals surface area contributed by atoms with Crippen molar-refractivity contribution in [3.8, 4) is 0 Å². The van der Waals surface area contributed by atoms with Crippen LogP contribution in [0.15, 0.2) is 22.1 Å². The molecule has 90 valence electrons. The van der Waals surface area contributed by atoms with Crippen LogP contribution in [0.25, 0.3) is 0 Å². The Kier molecular flexibility index (Phi) is 4.86. The molecule has 0 aliphatic heterocycles. The predicted octanol–water partition coefficient (Wildman–Crippen LogP) is 3.05. The van der Waals surface area contributed by atoms with Gasteiger partial charge in [-0.1, -0.05) is 18.2 Å². The summed E-state index contributed by atoms with van der Waals surface area (Å²) in [6, 6.07) is 0. The summed E-state index contributed by atoms with van der Waals surface area (Å²) in [5.74, 6) is 0.184. The fourth-order valence-corrected chi connectivity index (χ4v) is 2.00. The zero-order valence-corrected chi connectivity index (χ0v) is 10.4. The zero-order valence-electron chi connectivity index (χ0n) is 9.60. The smallest absolute Gasteiger partial charge is 0.309 e. The zero-order chi connectivity index (χ0) is 12.0. The molecule has 5 heteroatoms. The molecular formula is C11H17NO3S. The molecule has 0 atom stereocenters. The third-order valence-electron chi connectivity index (χ3n) is 2.41. The van der Waals surface area contributed by atoms with Crippen LogP contribution >= 0.6 is 11.8 Å². The topological polar surface area (TPSA) is 63.3 Å². The van der Waals surface area contributed by atoms with Crippen LogP contribution in [0.5, 0.6) is 0 Å². The van der Waals surface area contributed by atoms with E-state index in [2.05, 4.69) is 4.98 Å². The first-order valence-corrected chi connectivity index (χ1v) is 6.26. The molecule has 0 aromatic carbocycles. The fraction of sp³-hybridized carbons (Fsp3) is 0.636. The number of nitrogens with zero attached hydrogens (tertiary/aromatic N) is 1. The molecule has 4 nitrogen and oxygen atoms in total. The largest absolute Gasteiger partial charge is 0.481 e. The monoisotopic (exact) mass is 243 g/mol. The number of aliphatic carboxylic acids is 1. The Morgan fingerprint density at radius 1 is 1.56 bits per heavy atom. The second-order valence-electron chi connectivity index (χ2n) is 4.29. The van der Waals surface area contributed by atoms with Gasteiger partial charge in [-0.05, 0) is 26.7 Å². The van der Waals surface area contributed by atoms with E-state index in [-0.39, 0.29) is 0 Å². The number of oxazole rings is 1. The maximum absolute atomic E-state index is 10.8. The summed E-state index contributed by atoms with van der Waals surface area (Å²) >= 11 is 1.56. The molecule has 0 aliphatic rings. The number of carboxylic acids is 1.